The zero-order valence-electron chi connectivity index (χ0n) is 26.1. The first-order chi connectivity index (χ1) is 23.1. The van der Waals surface area contributed by atoms with Crippen LogP contribution in [-0.2, 0) is 5.41 Å². The van der Waals surface area contributed by atoms with E-state index in [-0.39, 0.29) is 5.41 Å². The standard InChI is InChI=1S/C44H29N3/c1-44(2)34-18-8-5-17-32(34)41-40-26(12-11-19-35(40)44)24-33-30-15-7-9-20-37(30)46(42(33)41)27-22-23-36-39(25-27)47-38-21-10-6-14-29(38)28-13-3-4-16-31(28)43(47)45-36/h3-25H,1-2H3. The molecule has 10 aromatic rings. The van der Waals surface area contributed by atoms with Crippen molar-refractivity contribution in [3.8, 4) is 16.8 Å². The van der Waals surface area contributed by atoms with Crippen LogP contribution in [0.4, 0.5) is 0 Å². The predicted molar refractivity (Wildman–Crippen MR) is 197 cm³/mol. The molecule has 0 saturated carbocycles. The molecule has 3 aromatic heterocycles. The highest BCUT2D eigenvalue weighted by molar-refractivity contribution is 6.23. The van der Waals surface area contributed by atoms with E-state index < -0.39 is 0 Å². The fraction of sp³-hybridized carbons (Fsp3) is 0.0682. The van der Waals surface area contributed by atoms with E-state index in [1.165, 1.54) is 76.5 Å². The van der Waals surface area contributed by atoms with Crippen molar-refractivity contribution < 1.29 is 0 Å². The van der Waals surface area contributed by atoms with E-state index in [4.69, 9.17) is 4.98 Å². The molecule has 0 spiro atoms. The number of hydrogen-bond acceptors (Lipinski definition) is 1. The first-order valence-corrected chi connectivity index (χ1v) is 16.4. The van der Waals surface area contributed by atoms with Gasteiger partial charge in [-0.15, -0.1) is 0 Å². The molecule has 3 heterocycles. The number of rotatable bonds is 1. The second kappa shape index (κ2) is 8.65. The number of benzene rings is 7. The maximum Gasteiger partial charge on any atom is 0.146 e. The van der Waals surface area contributed by atoms with Gasteiger partial charge in [-0.3, -0.25) is 4.40 Å². The fourth-order valence-electron chi connectivity index (χ4n) is 8.78. The topological polar surface area (TPSA) is 22.2 Å². The molecular weight excluding hydrogens is 571 g/mol. The Labute approximate surface area is 270 Å². The lowest BCUT2D eigenvalue weighted by molar-refractivity contribution is 0.645. The minimum atomic E-state index is -0.104. The van der Waals surface area contributed by atoms with E-state index in [1.54, 1.807) is 0 Å². The summed E-state index contributed by atoms with van der Waals surface area (Å²) in [5.41, 5.74) is 13.2. The van der Waals surface area contributed by atoms with Crippen molar-refractivity contribution in [2.24, 2.45) is 0 Å². The van der Waals surface area contributed by atoms with Gasteiger partial charge in [0.25, 0.3) is 0 Å². The van der Waals surface area contributed by atoms with Crippen LogP contribution in [-0.4, -0.2) is 14.0 Å². The van der Waals surface area contributed by atoms with Crippen molar-refractivity contribution in [1.29, 1.82) is 0 Å². The molecule has 1 aliphatic carbocycles. The molecule has 7 aromatic carbocycles. The summed E-state index contributed by atoms with van der Waals surface area (Å²) in [6.07, 6.45) is 0. The van der Waals surface area contributed by atoms with E-state index in [2.05, 4.69) is 162 Å². The van der Waals surface area contributed by atoms with Crippen molar-refractivity contribution in [2.45, 2.75) is 19.3 Å². The molecule has 0 bridgehead atoms. The lowest BCUT2D eigenvalue weighted by atomic mass is 9.68. The molecule has 47 heavy (non-hydrogen) atoms. The minimum absolute atomic E-state index is 0.104. The van der Waals surface area contributed by atoms with Gasteiger partial charge in [0.2, 0.25) is 0 Å². The van der Waals surface area contributed by atoms with Crippen LogP contribution in [0.5, 0.6) is 0 Å². The molecule has 0 aliphatic heterocycles. The van der Waals surface area contributed by atoms with E-state index in [0.29, 0.717) is 0 Å². The third-order valence-corrected chi connectivity index (χ3v) is 10.8. The van der Waals surface area contributed by atoms with Crippen molar-refractivity contribution in [2.75, 3.05) is 0 Å². The molecule has 0 fully saturated rings. The first kappa shape index (κ1) is 25.3. The quantitative estimate of drug-likeness (QED) is 0.172. The molecule has 220 valence electrons. The van der Waals surface area contributed by atoms with Crippen LogP contribution >= 0.6 is 0 Å². The maximum absolute atomic E-state index is 5.24. The smallest absolute Gasteiger partial charge is 0.146 e. The number of pyridine rings is 1. The minimum Gasteiger partial charge on any atom is -0.309 e. The molecule has 3 nitrogen and oxygen atoms in total. The second-order valence-corrected chi connectivity index (χ2v) is 13.6. The number of imidazole rings is 1. The van der Waals surface area contributed by atoms with Gasteiger partial charge in [0.15, 0.2) is 0 Å². The average Bonchev–Trinajstić information content (AvgIpc) is 3.66. The molecule has 0 amide bonds. The molecular formula is C44H29N3. The van der Waals surface area contributed by atoms with Gasteiger partial charge in [-0.25, -0.2) is 4.98 Å². The van der Waals surface area contributed by atoms with E-state index in [0.717, 1.165) is 22.4 Å². The summed E-state index contributed by atoms with van der Waals surface area (Å²) in [6, 6.07) is 51.4. The van der Waals surface area contributed by atoms with Crippen LogP contribution in [0.15, 0.2) is 140 Å². The van der Waals surface area contributed by atoms with Crippen molar-refractivity contribution >= 4 is 70.9 Å². The Morgan fingerprint density at radius 1 is 0.532 bits per heavy atom. The normalized spacial score (nSPS) is 13.9. The molecule has 0 N–H and O–H groups in total. The lowest BCUT2D eigenvalue weighted by Crippen LogP contribution is -2.23. The second-order valence-electron chi connectivity index (χ2n) is 13.6. The number of aromatic nitrogens is 3. The Bertz CT molecular complexity index is 2990. The van der Waals surface area contributed by atoms with Gasteiger partial charge in [-0.1, -0.05) is 117 Å². The molecule has 1 aliphatic rings. The van der Waals surface area contributed by atoms with Crippen molar-refractivity contribution in [3.63, 3.8) is 0 Å². The largest absolute Gasteiger partial charge is 0.309 e. The van der Waals surface area contributed by atoms with Crippen molar-refractivity contribution in [1.82, 2.24) is 14.0 Å². The molecule has 3 heteroatoms. The summed E-state index contributed by atoms with van der Waals surface area (Å²) >= 11 is 0. The van der Waals surface area contributed by atoms with Gasteiger partial charge in [-0.05, 0) is 69.2 Å². The van der Waals surface area contributed by atoms with Crippen LogP contribution in [0.25, 0.3) is 87.7 Å². The Morgan fingerprint density at radius 3 is 2.06 bits per heavy atom. The van der Waals surface area contributed by atoms with E-state index >= 15 is 0 Å². The number of hydrogen-bond donors (Lipinski definition) is 0. The van der Waals surface area contributed by atoms with E-state index in [1.807, 2.05) is 0 Å². The Morgan fingerprint density at radius 2 is 1.21 bits per heavy atom. The molecule has 0 unspecified atom stereocenters. The Balaban J connectivity index is 1.34. The van der Waals surface area contributed by atoms with Gasteiger partial charge >= 0.3 is 0 Å². The molecule has 0 radical (unpaired) electrons. The maximum atomic E-state index is 5.24. The van der Waals surface area contributed by atoms with Crippen LogP contribution < -0.4 is 0 Å². The third kappa shape index (κ3) is 3.09. The summed E-state index contributed by atoms with van der Waals surface area (Å²) < 4.78 is 4.87. The number of fused-ring (bicyclic) bond motifs is 14. The van der Waals surface area contributed by atoms with Crippen LogP contribution in [0, 0.1) is 0 Å². The fourth-order valence-corrected chi connectivity index (χ4v) is 8.78. The highest BCUT2D eigenvalue weighted by Gasteiger charge is 2.35. The number of nitrogens with zero attached hydrogens (tertiary/aromatic N) is 3. The summed E-state index contributed by atoms with van der Waals surface area (Å²) in [7, 11) is 0. The van der Waals surface area contributed by atoms with Gasteiger partial charge in [-0.2, -0.15) is 0 Å². The molecule has 0 atom stereocenters. The summed E-state index contributed by atoms with van der Waals surface area (Å²) in [5, 5.41) is 8.85. The monoisotopic (exact) mass is 599 g/mol. The van der Waals surface area contributed by atoms with Crippen LogP contribution in [0.2, 0.25) is 0 Å². The Hall–Kier alpha value is -5.93. The van der Waals surface area contributed by atoms with Crippen molar-refractivity contribution in [3.05, 3.63) is 151 Å². The highest BCUT2D eigenvalue weighted by Crippen LogP contribution is 2.52. The third-order valence-electron chi connectivity index (χ3n) is 10.8. The lowest BCUT2D eigenvalue weighted by Gasteiger charge is -2.35. The molecule has 11 rings (SSSR count). The summed E-state index contributed by atoms with van der Waals surface area (Å²) in [4.78, 5) is 5.24. The van der Waals surface area contributed by atoms with Crippen LogP contribution in [0.1, 0.15) is 25.0 Å². The van der Waals surface area contributed by atoms with E-state index in [9.17, 15) is 0 Å². The van der Waals surface area contributed by atoms with Gasteiger partial charge in [0.05, 0.1) is 27.6 Å². The van der Waals surface area contributed by atoms with Gasteiger partial charge in [0, 0.05) is 38.2 Å². The van der Waals surface area contributed by atoms with Gasteiger partial charge in [0.1, 0.15) is 5.65 Å². The SMILES string of the molecule is CC1(C)c2ccccc2-c2c3c1cccc3cc1c3ccccc3n(-c3ccc4nc5c6ccccc6c6ccccc6n5c4c3)c21. The zero-order chi connectivity index (χ0) is 31.0. The molecule has 0 saturated heterocycles. The first-order valence-electron chi connectivity index (χ1n) is 16.4. The highest BCUT2D eigenvalue weighted by atomic mass is 15.0. The summed E-state index contributed by atoms with van der Waals surface area (Å²) in [5.74, 6) is 0. The average molecular weight is 600 g/mol. The zero-order valence-corrected chi connectivity index (χ0v) is 26.1. The number of para-hydroxylation sites is 2. The van der Waals surface area contributed by atoms with Crippen LogP contribution in [0.3, 0.4) is 0 Å². The summed E-state index contributed by atoms with van der Waals surface area (Å²) in [6.45, 7) is 4.74. The predicted octanol–water partition coefficient (Wildman–Crippen LogP) is 11.4. The Kier molecular flexibility index (Phi) is 4.66. The van der Waals surface area contributed by atoms with Gasteiger partial charge < -0.3 is 4.57 Å².